The molecule has 1 aromatic carbocycles. The lowest BCUT2D eigenvalue weighted by atomic mass is 10.1. The van der Waals surface area contributed by atoms with Crippen LogP contribution in [0.15, 0.2) is 36.5 Å². The van der Waals surface area contributed by atoms with Gasteiger partial charge in [-0.3, -0.25) is 0 Å². The summed E-state index contributed by atoms with van der Waals surface area (Å²) in [6.45, 7) is 0. The van der Waals surface area contributed by atoms with E-state index in [9.17, 15) is 8.78 Å². The van der Waals surface area contributed by atoms with Crippen LogP contribution in [-0.4, -0.2) is 4.57 Å². The molecule has 0 aliphatic carbocycles. The van der Waals surface area contributed by atoms with Gasteiger partial charge in [0.05, 0.1) is 5.69 Å². The van der Waals surface area contributed by atoms with Gasteiger partial charge < -0.3 is 4.57 Å². The van der Waals surface area contributed by atoms with Crippen molar-refractivity contribution in [2.45, 2.75) is 0 Å². The lowest BCUT2D eigenvalue weighted by Gasteiger charge is -2.04. The van der Waals surface area contributed by atoms with Crippen LogP contribution < -0.4 is 0 Å². The van der Waals surface area contributed by atoms with E-state index in [0.29, 0.717) is 5.69 Å². The fraction of sp³-hybridized carbons (Fsp3) is 0.0909. The van der Waals surface area contributed by atoms with E-state index in [1.807, 2.05) is 0 Å². The molecule has 2 aromatic rings. The monoisotopic (exact) mass is 193 g/mol. The van der Waals surface area contributed by atoms with Crippen LogP contribution in [0.5, 0.6) is 0 Å². The lowest BCUT2D eigenvalue weighted by molar-refractivity contribution is 0.510. The summed E-state index contributed by atoms with van der Waals surface area (Å²) in [6, 6.07) is 7.72. The summed E-state index contributed by atoms with van der Waals surface area (Å²) in [6.07, 6.45) is 1.79. The van der Waals surface area contributed by atoms with Crippen LogP contribution in [0.3, 0.4) is 0 Å². The average molecular weight is 193 g/mol. The van der Waals surface area contributed by atoms with Gasteiger partial charge in [-0.2, -0.15) is 0 Å². The second kappa shape index (κ2) is 3.25. The number of aromatic nitrogens is 1. The molecule has 0 fully saturated rings. The normalized spacial score (nSPS) is 10.5. The van der Waals surface area contributed by atoms with Crippen LogP contribution in [0.25, 0.3) is 11.3 Å². The van der Waals surface area contributed by atoms with Crippen molar-refractivity contribution in [1.82, 2.24) is 4.57 Å². The van der Waals surface area contributed by atoms with Crippen molar-refractivity contribution < 1.29 is 8.78 Å². The second-order valence-electron chi connectivity index (χ2n) is 3.11. The van der Waals surface area contributed by atoms with Crippen LogP contribution in [0, 0.1) is 11.6 Å². The number of nitrogens with zero attached hydrogens (tertiary/aromatic N) is 1. The number of rotatable bonds is 1. The first kappa shape index (κ1) is 8.94. The molecule has 14 heavy (non-hydrogen) atoms. The van der Waals surface area contributed by atoms with Crippen molar-refractivity contribution in [3.05, 3.63) is 48.2 Å². The predicted molar refractivity (Wildman–Crippen MR) is 50.8 cm³/mol. The van der Waals surface area contributed by atoms with Crippen LogP contribution in [0.1, 0.15) is 0 Å². The van der Waals surface area contributed by atoms with E-state index in [1.165, 1.54) is 6.07 Å². The zero-order chi connectivity index (χ0) is 10.1. The van der Waals surface area contributed by atoms with E-state index in [1.54, 1.807) is 36.0 Å². The Morgan fingerprint density at radius 2 is 1.86 bits per heavy atom. The van der Waals surface area contributed by atoms with Crippen molar-refractivity contribution in [3.8, 4) is 11.3 Å². The third-order valence-electron chi connectivity index (χ3n) is 2.17. The quantitative estimate of drug-likeness (QED) is 0.656. The number of hydrogen-bond acceptors (Lipinski definition) is 0. The molecule has 0 radical (unpaired) electrons. The summed E-state index contributed by atoms with van der Waals surface area (Å²) in [4.78, 5) is 0. The number of hydrogen-bond donors (Lipinski definition) is 0. The van der Waals surface area contributed by atoms with Crippen LogP contribution in [0.2, 0.25) is 0 Å². The maximum Gasteiger partial charge on any atom is 0.168 e. The first-order valence-electron chi connectivity index (χ1n) is 4.26. The Labute approximate surface area is 80.6 Å². The maximum atomic E-state index is 13.4. The summed E-state index contributed by atoms with van der Waals surface area (Å²) < 4.78 is 28.0. The highest BCUT2D eigenvalue weighted by atomic mass is 19.2. The molecule has 0 unspecified atom stereocenters. The summed E-state index contributed by atoms with van der Waals surface area (Å²) in [5.74, 6) is -1.61. The highest BCUT2D eigenvalue weighted by Gasteiger charge is 2.10. The minimum Gasteiger partial charge on any atom is -0.350 e. The first-order valence-corrected chi connectivity index (χ1v) is 4.26. The molecule has 0 N–H and O–H groups in total. The van der Waals surface area contributed by atoms with Gasteiger partial charge in [-0.1, -0.05) is 6.07 Å². The fourth-order valence-corrected chi connectivity index (χ4v) is 1.44. The van der Waals surface area contributed by atoms with Crippen molar-refractivity contribution in [2.24, 2.45) is 7.05 Å². The van der Waals surface area contributed by atoms with Crippen molar-refractivity contribution in [2.75, 3.05) is 0 Å². The molecular weight excluding hydrogens is 184 g/mol. The standard InChI is InChI=1S/C11H9F2N/c1-14-7-3-6-10(14)8-4-2-5-9(12)11(8)13/h2-7H,1H3. The van der Waals surface area contributed by atoms with E-state index in [2.05, 4.69) is 0 Å². The summed E-state index contributed by atoms with van der Waals surface area (Å²) in [5.41, 5.74) is 0.958. The minimum absolute atomic E-state index is 0.289. The number of benzene rings is 1. The fourth-order valence-electron chi connectivity index (χ4n) is 1.44. The van der Waals surface area contributed by atoms with E-state index in [4.69, 9.17) is 0 Å². The molecule has 0 bridgehead atoms. The van der Waals surface area contributed by atoms with Crippen LogP contribution >= 0.6 is 0 Å². The van der Waals surface area contributed by atoms with Crippen molar-refractivity contribution in [1.29, 1.82) is 0 Å². The third-order valence-corrected chi connectivity index (χ3v) is 2.17. The SMILES string of the molecule is Cn1cccc1-c1cccc(F)c1F. The predicted octanol–water partition coefficient (Wildman–Crippen LogP) is 2.97. The van der Waals surface area contributed by atoms with Gasteiger partial charge in [0, 0.05) is 18.8 Å². The Morgan fingerprint density at radius 3 is 2.50 bits per heavy atom. The largest absolute Gasteiger partial charge is 0.350 e. The van der Waals surface area contributed by atoms with Gasteiger partial charge in [0.1, 0.15) is 0 Å². The smallest absolute Gasteiger partial charge is 0.168 e. The van der Waals surface area contributed by atoms with Gasteiger partial charge in [0.25, 0.3) is 0 Å². The van der Waals surface area contributed by atoms with Gasteiger partial charge in [0.15, 0.2) is 11.6 Å². The van der Waals surface area contributed by atoms with Gasteiger partial charge in [0.2, 0.25) is 0 Å². The lowest BCUT2D eigenvalue weighted by Crippen LogP contribution is -1.94. The minimum atomic E-state index is -0.816. The Kier molecular flexibility index (Phi) is 2.08. The molecule has 2 rings (SSSR count). The molecular formula is C11H9F2N. The molecule has 1 nitrogen and oxygen atoms in total. The Hall–Kier alpha value is -1.64. The van der Waals surface area contributed by atoms with Gasteiger partial charge in [-0.05, 0) is 24.3 Å². The molecule has 72 valence electrons. The maximum absolute atomic E-state index is 13.4. The van der Waals surface area contributed by atoms with Crippen molar-refractivity contribution >= 4 is 0 Å². The molecule has 0 saturated carbocycles. The second-order valence-corrected chi connectivity index (χ2v) is 3.11. The summed E-state index contributed by atoms with van der Waals surface area (Å²) >= 11 is 0. The zero-order valence-corrected chi connectivity index (χ0v) is 7.67. The third kappa shape index (κ3) is 1.31. The highest BCUT2D eigenvalue weighted by Crippen LogP contribution is 2.23. The first-order chi connectivity index (χ1) is 6.70. The van der Waals surface area contributed by atoms with E-state index in [-0.39, 0.29) is 5.56 Å². The summed E-state index contributed by atoms with van der Waals surface area (Å²) in [5, 5.41) is 0. The Morgan fingerprint density at radius 1 is 1.07 bits per heavy atom. The molecule has 0 atom stereocenters. The van der Waals surface area contributed by atoms with E-state index < -0.39 is 11.6 Å². The molecule has 1 aromatic heterocycles. The van der Waals surface area contributed by atoms with Gasteiger partial charge >= 0.3 is 0 Å². The van der Waals surface area contributed by atoms with Gasteiger partial charge in [-0.25, -0.2) is 8.78 Å². The molecule has 0 amide bonds. The number of halogens is 2. The summed E-state index contributed by atoms with van der Waals surface area (Å²) in [7, 11) is 1.79. The van der Waals surface area contributed by atoms with E-state index >= 15 is 0 Å². The molecule has 1 heterocycles. The molecule has 0 aliphatic heterocycles. The van der Waals surface area contributed by atoms with E-state index in [0.717, 1.165) is 6.07 Å². The average Bonchev–Trinajstić information content (AvgIpc) is 2.57. The topological polar surface area (TPSA) is 4.93 Å². The van der Waals surface area contributed by atoms with Gasteiger partial charge in [-0.15, -0.1) is 0 Å². The number of aryl methyl sites for hydroxylation is 1. The van der Waals surface area contributed by atoms with Crippen molar-refractivity contribution in [3.63, 3.8) is 0 Å². The highest BCUT2D eigenvalue weighted by molar-refractivity contribution is 5.60. The Balaban J connectivity index is 2.63. The van der Waals surface area contributed by atoms with Crippen LogP contribution in [-0.2, 0) is 7.05 Å². The molecule has 0 saturated heterocycles. The zero-order valence-electron chi connectivity index (χ0n) is 7.67. The Bertz CT molecular complexity index is 460. The molecule has 3 heteroatoms. The molecule has 0 spiro atoms. The van der Waals surface area contributed by atoms with Crippen LogP contribution in [0.4, 0.5) is 8.78 Å². The molecule has 0 aliphatic rings.